The third-order valence-electron chi connectivity index (χ3n) is 4.33. The van der Waals surface area contributed by atoms with E-state index in [9.17, 15) is 14.7 Å². The van der Waals surface area contributed by atoms with Crippen molar-refractivity contribution in [3.05, 3.63) is 11.3 Å². The van der Waals surface area contributed by atoms with Gasteiger partial charge in [0.1, 0.15) is 11.4 Å². The van der Waals surface area contributed by atoms with E-state index in [1.165, 1.54) is 4.68 Å². The zero-order valence-electron chi connectivity index (χ0n) is 12.5. The van der Waals surface area contributed by atoms with Gasteiger partial charge < -0.3 is 16.2 Å². The molecule has 0 saturated heterocycles. The number of nitrogens with two attached hydrogens (primary N) is 1. The molecule has 2 rings (SSSR count). The number of aliphatic carboxylic acids is 1. The van der Waals surface area contributed by atoms with E-state index in [4.69, 9.17) is 5.73 Å². The van der Waals surface area contributed by atoms with E-state index in [1.807, 2.05) is 0 Å². The Morgan fingerprint density at radius 1 is 1.38 bits per heavy atom. The van der Waals surface area contributed by atoms with Gasteiger partial charge in [-0.15, -0.1) is 0 Å². The summed E-state index contributed by atoms with van der Waals surface area (Å²) in [7, 11) is 1.70. The Kier molecular flexibility index (Phi) is 4.20. The van der Waals surface area contributed by atoms with Crippen molar-refractivity contribution >= 4 is 17.7 Å². The van der Waals surface area contributed by atoms with E-state index in [1.54, 1.807) is 14.0 Å². The topological polar surface area (TPSA) is 110 Å². The van der Waals surface area contributed by atoms with Crippen molar-refractivity contribution in [1.82, 2.24) is 9.78 Å². The maximum absolute atomic E-state index is 11.7. The number of carboxylic acids is 1. The first-order valence-electron chi connectivity index (χ1n) is 7.18. The van der Waals surface area contributed by atoms with Crippen molar-refractivity contribution in [2.45, 2.75) is 39.0 Å². The lowest BCUT2D eigenvalue weighted by Gasteiger charge is -2.33. The minimum atomic E-state index is -0.783. The summed E-state index contributed by atoms with van der Waals surface area (Å²) in [4.78, 5) is 23.2. The molecule has 7 heteroatoms. The van der Waals surface area contributed by atoms with Gasteiger partial charge in [-0.25, -0.2) is 0 Å². The van der Waals surface area contributed by atoms with E-state index < -0.39 is 17.3 Å². The van der Waals surface area contributed by atoms with Gasteiger partial charge in [-0.3, -0.25) is 14.3 Å². The number of aryl methyl sites for hydroxylation is 2. The number of carboxylic acid groups (broad SMARTS) is 1. The Morgan fingerprint density at radius 2 is 2.00 bits per heavy atom. The molecule has 1 aliphatic rings. The zero-order chi connectivity index (χ0) is 15.6. The number of aromatic nitrogens is 2. The number of hydrogen-bond acceptors (Lipinski definition) is 4. The predicted octanol–water partition coefficient (Wildman–Crippen LogP) is 1.27. The molecule has 0 aromatic carbocycles. The summed E-state index contributed by atoms with van der Waals surface area (Å²) in [5.41, 5.74) is 5.48. The average Bonchev–Trinajstić information content (AvgIpc) is 2.71. The lowest BCUT2D eigenvalue weighted by Crippen LogP contribution is -2.40. The number of nitrogens with one attached hydrogen (secondary N) is 1. The van der Waals surface area contributed by atoms with Crippen LogP contribution >= 0.6 is 0 Å². The van der Waals surface area contributed by atoms with Crippen molar-refractivity contribution < 1.29 is 14.7 Å². The minimum absolute atomic E-state index is 0.279. The second-order valence-corrected chi connectivity index (χ2v) is 5.80. The molecule has 0 unspecified atom stereocenters. The van der Waals surface area contributed by atoms with E-state index >= 15 is 0 Å². The highest BCUT2D eigenvalue weighted by molar-refractivity contribution is 5.99. The monoisotopic (exact) mass is 294 g/mol. The predicted molar refractivity (Wildman–Crippen MR) is 78.1 cm³/mol. The lowest BCUT2D eigenvalue weighted by molar-refractivity contribution is -0.150. The molecule has 0 atom stereocenters. The van der Waals surface area contributed by atoms with Crippen LogP contribution in [0.3, 0.4) is 0 Å². The molecule has 7 nitrogen and oxygen atoms in total. The summed E-state index contributed by atoms with van der Waals surface area (Å²) in [6, 6.07) is 0. The molecule has 1 fully saturated rings. The quantitative estimate of drug-likeness (QED) is 0.757. The van der Waals surface area contributed by atoms with E-state index in [2.05, 4.69) is 10.4 Å². The molecule has 1 heterocycles. The van der Waals surface area contributed by atoms with Crippen molar-refractivity contribution in [1.29, 1.82) is 0 Å². The van der Waals surface area contributed by atoms with Gasteiger partial charge >= 0.3 is 5.97 Å². The normalized spacial score (nSPS) is 17.4. The van der Waals surface area contributed by atoms with Gasteiger partial charge in [0.15, 0.2) is 0 Å². The number of carbonyl (C=O) groups is 2. The molecular weight excluding hydrogens is 272 g/mol. The van der Waals surface area contributed by atoms with Crippen molar-refractivity contribution in [2.75, 3.05) is 11.9 Å². The summed E-state index contributed by atoms with van der Waals surface area (Å²) in [6.45, 7) is 1.99. The minimum Gasteiger partial charge on any atom is -0.481 e. The van der Waals surface area contributed by atoms with E-state index in [-0.39, 0.29) is 6.54 Å². The summed E-state index contributed by atoms with van der Waals surface area (Å²) >= 11 is 0. The molecule has 0 radical (unpaired) electrons. The van der Waals surface area contributed by atoms with Crippen LogP contribution in [0.1, 0.15) is 48.2 Å². The third kappa shape index (κ3) is 2.86. The first kappa shape index (κ1) is 15.3. The van der Waals surface area contributed by atoms with Crippen molar-refractivity contribution in [3.63, 3.8) is 0 Å². The highest BCUT2D eigenvalue weighted by atomic mass is 16.4. The Hall–Kier alpha value is -2.05. The van der Waals surface area contributed by atoms with Crippen LogP contribution < -0.4 is 11.1 Å². The first-order chi connectivity index (χ1) is 9.87. The fraction of sp³-hybridized carbons (Fsp3) is 0.643. The Balaban J connectivity index is 2.22. The number of primary amides is 1. The molecule has 0 spiro atoms. The number of anilines is 1. The average molecular weight is 294 g/mol. The van der Waals surface area contributed by atoms with Gasteiger partial charge in [0.25, 0.3) is 5.91 Å². The number of amides is 1. The molecule has 0 aliphatic heterocycles. The number of rotatable bonds is 5. The van der Waals surface area contributed by atoms with Gasteiger partial charge in [-0.2, -0.15) is 5.10 Å². The van der Waals surface area contributed by atoms with Crippen molar-refractivity contribution in [2.24, 2.45) is 18.2 Å². The molecule has 1 amide bonds. The number of hydrogen-bond donors (Lipinski definition) is 3. The van der Waals surface area contributed by atoms with Crippen molar-refractivity contribution in [3.8, 4) is 0 Å². The smallest absolute Gasteiger partial charge is 0.311 e. The van der Waals surface area contributed by atoms with Crippen LogP contribution in [0.25, 0.3) is 0 Å². The van der Waals surface area contributed by atoms with Gasteiger partial charge in [-0.05, 0) is 19.8 Å². The van der Waals surface area contributed by atoms with E-state index in [0.717, 1.165) is 19.3 Å². The third-order valence-corrected chi connectivity index (χ3v) is 4.33. The zero-order valence-corrected chi connectivity index (χ0v) is 12.5. The van der Waals surface area contributed by atoms with Crippen LogP contribution in [-0.4, -0.2) is 33.3 Å². The summed E-state index contributed by atoms with van der Waals surface area (Å²) < 4.78 is 1.54. The highest BCUT2D eigenvalue weighted by Crippen LogP contribution is 2.37. The SMILES string of the molecule is Cc1nn(C)c(NCC2(C(=O)O)CCCCC2)c1C(N)=O. The molecule has 21 heavy (non-hydrogen) atoms. The van der Waals surface area contributed by atoms with Crippen LogP contribution in [0.2, 0.25) is 0 Å². The molecule has 116 valence electrons. The fourth-order valence-corrected chi connectivity index (χ4v) is 3.10. The number of carbonyl (C=O) groups excluding carboxylic acids is 1. The van der Waals surface area contributed by atoms with Crippen LogP contribution in [-0.2, 0) is 11.8 Å². The Morgan fingerprint density at radius 3 is 2.52 bits per heavy atom. The molecule has 1 saturated carbocycles. The van der Waals surface area contributed by atoms with Crippen LogP contribution in [0.15, 0.2) is 0 Å². The van der Waals surface area contributed by atoms with Crippen LogP contribution in [0.4, 0.5) is 5.82 Å². The van der Waals surface area contributed by atoms with Gasteiger partial charge in [0.05, 0.1) is 11.1 Å². The maximum Gasteiger partial charge on any atom is 0.311 e. The summed E-state index contributed by atoms with van der Waals surface area (Å²) in [5, 5.41) is 16.8. The molecule has 0 bridgehead atoms. The maximum atomic E-state index is 11.7. The largest absolute Gasteiger partial charge is 0.481 e. The Labute approximate surface area is 123 Å². The summed E-state index contributed by atoms with van der Waals surface area (Å²) in [5.74, 6) is -0.850. The number of nitrogens with zero attached hydrogens (tertiary/aromatic N) is 2. The molecule has 1 aromatic rings. The lowest BCUT2D eigenvalue weighted by atomic mass is 9.74. The fourth-order valence-electron chi connectivity index (χ4n) is 3.10. The summed E-state index contributed by atoms with van der Waals surface area (Å²) in [6.07, 6.45) is 4.21. The molecule has 1 aromatic heterocycles. The van der Waals surface area contributed by atoms with Crippen LogP contribution in [0, 0.1) is 12.3 Å². The van der Waals surface area contributed by atoms with Gasteiger partial charge in [-0.1, -0.05) is 19.3 Å². The Bertz CT molecular complexity index is 559. The highest BCUT2D eigenvalue weighted by Gasteiger charge is 2.39. The first-order valence-corrected chi connectivity index (χ1v) is 7.18. The van der Waals surface area contributed by atoms with Crippen LogP contribution in [0.5, 0.6) is 0 Å². The second-order valence-electron chi connectivity index (χ2n) is 5.80. The van der Waals surface area contributed by atoms with E-state index in [0.29, 0.717) is 29.9 Å². The molecule has 1 aliphatic carbocycles. The second kappa shape index (κ2) is 5.75. The molecular formula is C14H22N4O3. The van der Waals surface area contributed by atoms with Gasteiger partial charge in [0.2, 0.25) is 0 Å². The molecule has 4 N–H and O–H groups in total. The van der Waals surface area contributed by atoms with Gasteiger partial charge in [0, 0.05) is 13.6 Å². The standard InChI is InChI=1S/C14H22N4O3/c1-9-10(11(15)19)12(18(2)17-9)16-8-14(13(20)21)6-4-3-5-7-14/h16H,3-8H2,1-2H3,(H2,15,19)(H,20,21).